The molecule has 108 valence electrons. The van der Waals surface area contributed by atoms with Gasteiger partial charge in [-0.25, -0.2) is 0 Å². The van der Waals surface area contributed by atoms with Crippen LogP contribution in [0.1, 0.15) is 22.3 Å². The summed E-state index contributed by atoms with van der Waals surface area (Å²) in [6, 6.07) is 3.27. The van der Waals surface area contributed by atoms with E-state index in [1.54, 1.807) is 12.1 Å². The summed E-state index contributed by atoms with van der Waals surface area (Å²) in [6.07, 6.45) is 8.81. The smallest absolute Gasteiger partial charge is 0.160 e. The lowest BCUT2D eigenvalue weighted by Crippen LogP contribution is -1.92. The summed E-state index contributed by atoms with van der Waals surface area (Å²) in [6.45, 7) is -0.0193. The molecule has 0 heterocycles. The third kappa shape index (κ3) is 3.14. The first-order chi connectivity index (χ1) is 10.2. The Bertz CT molecular complexity index is 656. The Morgan fingerprint density at radius 1 is 1.33 bits per heavy atom. The van der Waals surface area contributed by atoms with E-state index in [-0.39, 0.29) is 23.6 Å². The van der Waals surface area contributed by atoms with Gasteiger partial charge in [-0.15, -0.1) is 4.91 Å². The van der Waals surface area contributed by atoms with E-state index in [0.29, 0.717) is 12.7 Å². The maximum atomic E-state index is 11.1. The molecule has 1 aliphatic carbocycles. The zero-order valence-electron chi connectivity index (χ0n) is 11.6. The number of hydrogen-bond acceptors (Lipinski definition) is 5. The van der Waals surface area contributed by atoms with Crippen molar-refractivity contribution in [3.63, 3.8) is 0 Å². The van der Waals surface area contributed by atoms with E-state index in [4.69, 9.17) is 9.84 Å². The summed E-state index contributed by atoms with van der Waals surface area (Å²) in [5.74, 6) is 0.262. The molecule has 0 amide bonds. The number of carbonyl (C=O) groups is 1. The van der Waals surface area contributed by atoms with E-state index in [2.05, 4.69) is 5.18 Å². The van der Waals surface area contributed by atoms with Gasteiger partial charge in [0.05, 0.1) is 13.7 Å². The van der Waals surface area contributed by atoms with Gasteiger partial charge in [-0.2, -0.15) is 0 Å². The quantitative estimate of drug-likeness (QED) is 0.666. The van der Waals surface area contributed by atoms with Gasteiger partial charge < -0.3 is 9.84 Å². The Labute approximate surface area is 122 Å². The van der Waals surface area contributed by atoms with Gasteiger partial charge in [0.2, 0.25) is 0 Å². The van der Waals surface area contributed by atoms with E-state index < -0.39 is 0 Å². The van der Waals surface area contributed by atoms with Crippen molar-refractivity contribution in [1.82, 2.24) is 0 Å². The Balaban J connectivity index is 2.48. The van der Waals surface area contributed by atoms with E-state index in [0.717, 1.165) is 16.7 Å². The zero-order valence-corrected chi connectivity index (χ0v) is 11.6. The second-order valence-electron chi connectivity index (χ2n) is 4.49. The number of aliphatic hydroxyl groups is 1. The monoisotopic (exact) mass is 285 g/mol. The van der Waals surface area contributed by atoms with Crippen LogP contribution in [-0.2, 0) is 0 Å². The molecule has 0 saturated heterocycles. The number of aldehydes is 1. The molecule has 2 rings (SSSR count). The second kappa shape index (κ2) is 6.76. The van der Waals surface area contributed by atoms with Crippen LogP contribution in [0.15, 0.2) is 47.2 Å². The average molecular weight is 285 g/mol. The van der Waals surface area contributed by atoms with Gasteiger partial charge in [0.1, 0.15) is 5.75 Å². The molecule has 0 saturated carbocycles. The molecule has 0 radical (unpaired) electrons. The average Bonchev–Trinajstić information content (AvgIpc) is 2.78. The summed E-state index contributed by atoms with van der Waals surface area (Å²) in [7, 11) is 1.42. The molecule has 5 heteroatoms. The number of benzene rings is 1. The Morgan fingerprint density at radius 3 is 2.76 bits per heavy atom. The molecule has 1 N–H and O–H groups in total. The van der Waals surface area contributed by atoms with Gasteiger partial charge in [0, 0.05) is 5.56 Å². The standard InChI is InChI=1S/C16H15NO4/c1-21-15-8-13(7-14(10-19)16(15)17-20)12-4-2-3-11(9-18)5-6-12/h3-8,10,18H,2,9H2,1H3. The fourth-order valence-corrected chi connectivity index (χ4v) is 2.14. The molecule has 0 aliphatic heterocycles. The maximum Gasteiger partial charge on any atom is 0.160 e. The van der Waals surface area contributed by atoms with Gasteiger partial charge >= 0.3 is 0 Å². The highest BCUT2D eigenvalue weighted by molar-refractivity contribution is 5.89. The van der Waals surface area contributed by atoms with Crippen molar-refractivity contribution in [3.8, 4) is 5.75 Å². The van der Waals surface area contributed by atoms with Gasteiger partial charge in [-0.05, 0) is 40.4 Å². The summed E-state index contributed by atoms with van der Waals surface area (Å²) < 4.78 is 5.13. The first-order valence-corrected chi connectivity index (χ1v) is 6.42. The van der Waals surface area contributed by atoms with E-state index in [9.17, 15) is 9.70 Å². The maximum absolute atomic E-state index is 11.1. The number of nitroso groups, excluding NO2 is 1. The number of nitrogens with zero attached hydrogens (tertiary/aromatic N) is 1. The molecule has 0 bridgehead atoms. The minimum Gasteiger partial charge on any atom is -0.494 e. The predicted molar refractivity (Wildman–Crippen MR) is 80.7 cm³/mol. The highest BCUT2D eigenvalue weighted by Gasteiger charge is 2.13. The molecule has 5 nitrogen and oxygen atoms in total. The van der Waals surface area contributed by atoms with E-state index in [1.165, 1.54) is 7.11 Å². The van der Waals surface area contributed by atoms with E-state index in [1.807, 2.05) is 24.3 Å². The van der Waals surface area contributed by atoms with Crippen molar-refractivity contribution >= 4 is 17.5 Å². The molecular formula is C16H15NO4. The summed E-state index contributed by atoms with van der Waals surface area (Å²) in [4.78, 5) is 22.0. The fraction of sp³-hybridized carbons (Fsp3) is 0.188. The topological polar surface area (TPSA) is 76.0 Å². The zero-order chi connectivity index (χ0) is 15.2. The number of carbonyl (C=O) groups excluding carboxylic acids is 1. The van der Waals surface area contributed by atoms with Gasteiger partial charge in [-0.1, -0.05) is 24.3 Å². The van der Waals surface area contributed by atoms with Crippen LogP contribution in [0, 0.1) is 4.91 Å². The first kappa shape index (κ1) is 14.9. The van der Waals surface area contributed by atoms with Crippen LogP contribution in [0.25, 0.3) is 5.57 Å². The lowest BCUT2D eigenvalue weighted by molar-refractivity contribution is 0.112. The Hall–Kier alpha value is -2.53. The third-order valence-corrected chi connectivity index (χ3v) is 3.25. The van der Waals surface area contributed by atoms with Crippen LogP contribution in [0.5, 0.6) is 5.75 Å². The van der Waals surface area contributed by atoms with Crippen molar-refractivity contribution in [3.05, 3.63) is 58.0 Å². The van der Waals surface area contributed by atoms with Crippen molar-refractivity contribution < 1.29 is 14.6 Å². The lowest BCUT2D eigenvalue weighted by Gasteiger charge is -2.09. The molecule has 0 unspecified atom stereocenters. The van der Waals surface area contributed by atoms with Gasteiger partial charge in [0.25, 0.3) is 0 Å². The van der Waals surface area contributed by atoms with Crippen LogP contribution >= 0.6 is 0 Å². The van der Waals surface area contributed by atoms with Gasteiger partial charge in [0.15, 0.2) is 12.0 Å². The predicted octanol–water partition coefficient (Wildman–Crippen LogP) is 3.17. The summed E-state index contributed by atoms with van der Waals surface area (Å²) >= 11 is 0. The second-order valence-corrected chi connectivity index (χ2v) is 4.49. The minimum absolute atomic E-state index is 0.00336. The highest BCUT2D eigenvalue weighted by atomic mass is 16.5. The molecule has 1 aromatic rings. The molecular weight excluding hydrogens is 270 g/mol. The number of aliphatic hydroxyl groups excluding tert-OH is 1. The number of rotatable bonds is 5. The van der Waals surface area contributed by atoms with Gasteiger partial charge in [-0.3, -0.25) is 4.79 Å². The Morgan fingerprint density at radius 2 is 2.14 bits per heavy atom. The number of methoxy groups -OCH3 is 1. The SMILES string of the molecule is COc1cc(C2=CCC=C(CO)C=C2)cc(C=O)c1N=O. The minimum atomic E-state index is -0.0193. The first-order valence-electron chi connectivity index (χ1n) is 6.42. The fourth-order valence-electron chi connectivity index (χ4n) is 2.14. The Kier molecular flexibility index (Phi) is 4.79. The van der Waals surface area contributed by atoms with Crippen molar-refractivity contribution in [2.45, 2.75) is 6.42 Å². The highest BCUT2D eigenvalue weighted by Crippen LogP contribution is 2.35. The molecule has 0 fully saturated rings. The van der Waals surface area contributed by atoms with Crippen LogP contribution in [0.4, 0.5) is 5.69 Å². The van der Waals surface area contributed by atoms with Crippen LogP contribution < -0.4 is 4.74 Å². The van der Waals surface area contributed by atoms with Crippen molar-refractivity contribution in [2.75, 3.05) is 13.7 Å². The lowest BCUT2D eigenvalue weighted by atomic mass is 10.0. The molecule has 1 aromatic carbocycles. The van der Waals surface area contributed by atoms with Crippen LogP contribution in [-0.4, -0.2) is 25.1 Å². The summed E-state index contributed by atoms with van der Waals surface area (Å²) in [5.41, 5.74) is 2.66. The van der Waals surface area contributed by atoms with Crippen LogP contribution in [0.3, 0.4) is 0 Å². The van der Waals surface area contributed by atoms with Crippen molar-refractivity contribution in [2.24, 2.45) is 5.18 Å². The number of ether oxygens (including phenoxy) is 1. The van der Waals surface area contributed by atoms with Crippen LogP contribution in [0.2, 0.25) is 0 Å². The normalized spacial score (nSPS) is 14.0. The van der Waals surface area contributed by atoms with E-state index >= 15 is 0 Å². The molecule has 0 spiro atoms. The van der Waals surface area contributed by atoms with Crippen molar-refractivity contribution in [1.29, 1.82) is 0 Å². The number of hydrogen-bond donors (Lipinski definition) is 1. The molecule has 0 atom stereocenters. The largest absolute Gasteiger partial charge is 0.494 e. The third-order valence-electron chi connectivity index (χ3n) is 3.25. The molecule has 0 aromatic heterocycles. The number of allylic oxidation sites excluding steroid dienone is 4. The summed E-state index contributed by atoms with van der Waals surface area (Å²) in [5, 5.41) is 12.0. The molecule has 21 heavy (non-hydrogen) atoms. The molecule has 1 aliphatic rings.